The van der Waals surface area contributed by atoms with Gasteiger partial charge in [0.1, 0.15) is 0 Å². The fraction of sp³-hybridized carbons (Fsp3) is 0.733. The molecule has 2 aliphatic carbocycles. The van der Waals surface area contributed by atoms with Crippen LogP contribution in [0.2, 0.25) is 0 Å². The second-order valence-corrected chi connectivity index (χ2v) is 6.41. The van der Waals surface area contributed by atoms with Crippen molar-refractivity contribution in [3.8, 4) is 0 Å². The second-order valence-electron chi connectivity index (χ2n) is 6.41. The summed E-state index contributed by atoms with van der Waals surface area (Å²) < 4.78 is 1.74. The molecule has 0 saturated heterocycles. The maximum absolute atomic E-state index is 12.2. The van der Waals surface area contributed by atoms with E-state index < -0.39 is 0 Å². The number of aliphatic hydroxyl groups excluding tert-OH is 1. The standard InChI is InChI=1S/C15H24N4O2/c1-19-9-11(8-16-19)14(10-6-13(20)7-10)18-15(21)17-12-4-2-3-5-12/h8-10,12-14,20H,2-7H2,1H3,(H2,17,18,21)/t10?,13?,14-/m0/s1. The average molecular weight is 292 g/mol. The Kier molecular flexibility index (Phi) is 4.14. The Morgan fingerprint density at radius 2 is 2.14 bits per heavy atom. The Hall–Kier alpha value is -1.56. The number of carbonyl (C=O) groups excluding carboxylic acids is 1. The lowest BCUT2D eigenvalue weighted by Crippen LogP contribution is -2.47. The van der Waals surface area contributed by atoms with Gasteiger partial charge in [-0.15, -0.1) is 0 Å². The molecule has 0 bridgehead atoms. The van der Waals surface area contributed by atoms with E-state index in [0.29, 0.717) is 12.0 Å². The first kappa shape index (κ1) is 14.4. The van der Waals surface area contributed by atoms with Crippen molar-refractivity contribution in [2.75, 3.05) is 0 Å². The molecule has 2 aliphatic rings. The predicted molar refractivity (Wildman–Crippen MR) is 78.6 cm³/mol. The summed E-state index contributed by atoms with van der Waals surface area (Å²) in [6.45, 7) is 0. The molecule has 21 heavy (non-hydrogen) atoms. The molecule has 1 aromatic heterocycles. The van der Waals surface area contributed by atoms with Crippen LogP contribution in [-0.2, 0) is 7.05 Å². The molecule has 0 aromatic carbocycles. The topological polar surface area (TPSA) is 79.2 Å². The van der Waals surface area contributed by atoms with E-state index in [4.69, 9.17) is 0 Å². The van der Waals surface area contributed by atoms with Crippen molar-refractivity contribution in [1.29, 1.82) is 0 Å². The predicted octanol–water partition coefficient (Wildman–Crippen LogP) is 1.47. The first-order valence-corrected chi connectivity index (χ1v) is 7.85. The van der Waals surface area contributed by atoms with Crippen LogP contribution in [0.15, 0.2) is 12.4 Å². The number of amides is 2. The second kappa shape index (κ2) is 6.05. The molecule has 2 amide bonds. The highest BCUT2D eigenvalue weighted by Crippen LogP contribution is 2.37. The Labute approximate surface area is 124 Å². The van der Waals surface area contributed by atoms with E-state index in [1.165, 1.54) is 12.8 Å². The molecule has 3 N–H and O–H groups in total. The molecular formula is C15H24N4O2. The number of aliphatic hydroxyl groups is 1. The molecule has 0 unspecified atom stereocenters. The molecule has 116 valence electrons. The average Bonchev–Trinajstić information content (AvgIpc) is 3.04. The molecule has 2 fully saturated rings. The van der Waals surface area contributed by atoms with E-state index in [1.54, 1.807) is 10.9 Å². The Balaban J connectivity index is 1.62. The van der Waals surface area contributed by atoms with Crippen LogP contribution in [0.1, 0.15) is 50.1 Å². The number of hydrogen-bond acceptors (Lipinski definition) is 3. The van der Waals surface area contributed by atoms with Crippen molar-refractivity contribution in [1.82, 2.24) is 20.4 Å². The van der Waals surface area contributed by atoms with Crippen LogP contribution < -0.4 is 10.6 Å². The van der Waals surface area contributed by atoms with Gasteiger partial charge >= 0.3 is 6.03 Å². The molecule has 6 nitrogen and oxygen atoms in total. The number of aromatic nitrogens is 2. The summed E-state index contributed by atoms with van der Waals surface area (Å²) in [4.78, 5) is 12.2. The molecule has 1 heterocycles. The molecule has 1 aromatic rings. The minimum atomic E-state index is -0.228. The van der Waals surface area contributed by atoms with Crippen molar-refractivity contribution < 1.29 is 9.90 Å². The summed E-state index contributed by atoms with van der Waals surface area (Å²) in [5.74, 6) is 0.290. The molecule has 2 saturated carbocycles. The Bertz CT molecular complexity index is 490. The van der Waals surface area contributed by atoms with E-state index in [-0.39, 0.29) is 18.2 Å². The van der Waals surface area contributed by atoms with Crippen LogP contribution >= 0.6 is 0 Å². The lowest BCUT2D eigenvalue weighted by Gasteiger charge is -2.37. The fourth-order valence-corrected chi connectivity index (χ4v) is 3.41. The summed E-state index contributed by atoms with van der Waals surface area (Å²) in [5, 5.41) is 19.9. The van der Waals surface area contributed by atoms with Gasteiger partial charge in [-0.3, -0.25) is 4.68 Å². The highest BCUT2D eigenvalue weighted by Gasteiger charge is 2.36. The SMILES string of the molecule is Cn1cc([C@@H](NC(=O)NC2CCCC2)C2CC(O)C2)cn1. The van der Waals surface area contributed by atoms with Gasteiger partial charge in [0.05, 0.1) is 18.3 Å². The number of urea groups is 1. The summed E-state index contributed by atoms with van der Waals surface area (Å²) in [6, 6.07) is 0.146. The maximum atomic E-state index is 12.2. The van der Waals surface area contributed by atoms with E-state index in [0.717, 1.165) is 31.2 Å². The Morgan fingerprint density at radius 1 is 1.43 bits per heavy atom. The van der Waals surface area contributed by atoms with Crippen molar-refractivity contribution in [3.05, 3.63) is 18.0 Å². The van der Waals surface area contributed by atoms with Gasteiger partial charge in [-0.05, 0) is 31.6 Å². The number of hydrogen-bond donors (Lipinski definition) is 3. The monoisotopic (exact) mass is 292 g/mol. The molecule has 0 aliphatic heterocycles. The van der Waals surface area contributed by atoms with Crippen LogP contribution in [0.25, 0.3) is 0 Å². The maximum Gasteiger partial charge on any atom is 0.315 e. The lowest BCUT2D eigenvalue weighted by atomic mass is 9.75. The third kappa shape index (κ3) is 3.37. The van der Waals surface area contributed by atoms with Crippen LogP contribution in [0.3, 0.4) is 0 Å². The normalized spacial score (nSPS) is 27.1. The molecule has 0 radical (unpaired) electrons. The molecule has 0 spiro atoms. The van der Waals surface area contributed by atoms with Gasteiger partial charge in [0.15, 0.2) is 0 Å². The zero-order valence-electron chi connectivity index (χ0n) is 12.5. The van der Waals surface area contributed by atoms with Gasteiger partial charge in [0, 0.05) is 24.8 Å². The van der Waals surface area contributed by atoms with E-state index in [1.807, 2.05) is 13.2 Å². The van der Waals surface area contributed by atoms with Gasteiger partial charge in [-0.25, -0.2) is 4.79 Å². The largest absolute Gasteiger partial charge is 0.393 e. The van der Waals surface area contributed by atoms with Crippen LogP contribution in [-0.4, -0.2) is 33.1 Å². The number of carbonyl (C=O) groups is 1. The number of nitrogens with one attached hydrogen (secondary N) is 2. The van der Waals surface area contributed by atoms with E-state index >= 15 is 0 Å². The van der Waals surface area contributed by atoms with Crippen LogP contribution in [0, 0.1) is 5.92 Å². The summed E-state index contributed by atoms with van der Waals surface area (Å²) >= 11 is 0. The molecule has 1 atom stereocenters. The van der Waals surface area contributed by atoms with Gasteiger partial charge in [0.25, 0.3) is 0 Å². The highest BCUT2D eigenvalue weighted by atomic mass is 16.3. The van der Waals surface area contributed by atoms with E-state index in [2.05, 4.69) is 15.7 Å². The lowest BCUT2D eigenvalue weighted by molar-refractivity contribution is 0.0258. The first-order chi connectivity index (χ1) is 10.1. The third-order valence-electron chi connectivity index (χ3n) is 4.68. The van der Waals surface area contributed by atoms with Crippen LogP contribution in [0.4, 0.5) is 4.79 Å². The summed E-state index contributed by atoms with van der Waals surface area (Å²) in [5.41, 5.74) is 1.01. The van der Waals surface area contributed by atoms with E-state index in [9.17, 15) is 9.90 Å². The number of nitrogens with zero attached hydrogens (tertiary/aromatic N) is 2. The minimum Gasteiger partial charge on any atom is -0.393 e. The summed E-state index contributed by atoms with van der Waals surface area (Å²) in [7, 11) is 1.87. The number of aryl methyl sites for hydroxylation is 1. The minimum absolute atomic E-state index is 0.0662. The highest BCUT2D eigenvalue weighted by molar-refractivity contribution is 5.74. The van der Waals surface area contributed by atoms with Crippen LogP contribution in [0.5, 0.6) is 0 Å². The molecule has 6 heteroatoms. The quantitative estimate of drug-likeness (QED) is 0.786. The Morgan fingerprint density at radius 3 is 2.71 bits per heavy atom. The van der Waals surface area contributed by atoms with Gasteiger partial charge in [-0.1, -0.05) is 12.8 Å². The summed E-state index contributed by atoms with van der Waals surface area (Å²) in [6.07, 6.45) is 9.54. The zero-order valence-corrected chi connectivity index (χ0v) is 12.5. The smallest absolute Gasteiger partial charge is 0.315 e. The van der Waals surface area contributed by atoms with Crippen molar-refractivity contribution in [2.24, 2.45) is 13.0 Å². The van der Waals surface area contributed by atoms with Crippen molar-refractivity contribution >= 4 is 6.03 Å². The van der Waals surface area contributed by atoms with Crippen molar-refractivity contribution in [2.45, 2.75) is 56.7 Å². The fourth-order valence-electron chi connectivity index (χ4n) is 3.41. The molecular weight excluding hydrogens is 268 g/mol. The number of rotatable bonds is 4. The first-order valence-electron chi connectivity index (χ1n) is 7.85. The van der Waals surface area contributed by atoms with Gasteiger partial charge in [-0.2, -0.15) is 5.10 Å². The zero-order chi connectivity index (χ0) is 14.8. The van der Waals surface area contributed by atoms with Crippen molar-refractivity contribution in [3.63, 3.8) is 0 Å². The molecule has 3 rings (SSSR count). The third-order valence-corrected chi connectivity index (χ3v) is 4.68. The van der Waals surface area contributed by atoms with Gasteiger partial charge in [0.2, 0.25) is 0 Å². The van der Waals surface area contributed by atoms with Gasteiger partial charge < -0.3 is 15.7 Å².